The predicted molar refractivity (Wildman–Crippen MR) is 110 cm³/mol. The van der Waals surface area contributed by atoms with E-state index in [1.54, 1.807) is 0 Å². The molecule has 2 aromatic carbocycles. The maximum atomic E-state index is 12.2. The molecule has 1 aliphatic rings. The van der Waals surface area contributed by atoms with Gasteiger partial charge in [0.25, 0.3) is 0 Å². The zero-order chi connectivity index (χ0) is 20.5. The van der Waals surface area contributed by atoms with Crippen LogP contribution >= 0.6 is 0 Å². The summed E-state index contributed by atoms with van der Waals surface area (Å²) in [7, 11) is 0. The first kappa shape index (κ1) is 20.4. The third-order valence-electron chi connectivity index (χ3n) is 4.32. The number of ether oxygens (including phenoxy) is 2. The second kappa shape index (κ2) is 10.3. The Morgan fingerprint density at radius 1 is 1.10 bits per heavy atom. The Bertz CT molecular complexity index is 850. The number of hydrogen-bond donors (Lipinski definition) is 2. The van der Waals surface area contributed by atoms with Gasteiger partial charge in [0, 0.05) is 6.42 Å². The summed E-state index contributed by atoms with van der Waals surface area (Å²) in [6.45, 7) is 2.95. The molecule has 29 heavy (non-hydrogen) atoms. The van der Waals surface area contributed by atoms with Gasteiger partial charge in [-0.05, 0) is 43.2 Å². The van der Waals surface area contributed by atoms with Crippen molar-refractivity contribution in [2.24, 2.45) is 4.99 Å². The molecule has 1 heterocycles. The van der Waals surface area contributed by atoms with Gasteiger partial charge in [-0.3, -0.25) is 20.2 Å². The van der Waals surface area contributed by atoms with E-state index in [1.165, 1.54) is 0 Å². The smallest absolute Gasteiger partial charge is 0.229 e. The van der Waals surface area contributed by atoms with Crippen LogP contribution in [0.1, 0.15) is 37.8 Å². The normalized spacial score (nSPS) is 15.8. The lowest BCUT2D eigenvalue weighted by atomic mass is 10.0. The third kappa shape index (κ3) is 6.34. The topological polar surface area (TPSA) is 89.0 Å². The minimum absolute atomic E-state index is 0.179. The number of carbonyl (C=O) groups excluding carboxylic acids is 2. The van der Waals surface area contributed by atoms with Gasteiger partial charge in [0.05, 0.1) is 25.7 Å². The Labute approximate surface area is 170 Å². The molecule has 0 spiro atoms. The molecule has 2 amide bonds. The Morgan fingerprint density at radius 3 is 2.55 bits per heavy atom. The molecule has 1 aliphatic heterocycles. The number of aliphatic imine (C=N–C) groups is 1. The molecule has 1 atom stereocenters. The van der Waals surface area contributed by atoms with Gasteiger partial charge in [-0.1, -0.05) is 30.3 Å². The molecule has 0 fully saturated rings. The average molecular weight is 395 g/mol. The number of nitrogens with one attached hydrogen (secondary N) is 2. The number of rotatable bonds is 8. The summed E-state index contributed by atoms with van der Waals surface area (Å²) in [5, 5.41) is 5.30. The van der Waals surface area contributed by atoms with Gasteiger partial charge in [0.1, 0.15) is 11.5 Å². The first-order chi connectivity index (χ1) is 14.1. The second-order valence-electron chi connectivity index (χ2n) is 6.56. The number of nitrogens with zero attached hydrogens (tertiary/aromatic N) is 1. The van der Waals surface area contributed by atoms with Crippen LogP contribution in [0.25, 0.3) is 0 Å². The number of hydrogen-bond acceptors (Lipinski definition) is 5. The molecule has 7 nitrogen and oxygen atoms in total. The molecule has 0 bridgehead atoms. The van der Waals surface area contributed by atoms with Crippen LogP contribution in [0.4, 0.5) is 0 Å². The fraction of sp³-hybridized carbons (Fsp3) is 0.318. The molecule has 152 valence electrons. The summed E-state index contributed by atoms with van der Waals surface area (Å²) >= 11 is 0. The average Bonchev–Trinajstić information content (AvgIpc) is 2.72. The standard InChI is InChI=1S/C22H25N3O4/c1-2-28-18-12-10-16(11-13-18)19-15-21(27)25-22(23-19)24-20(26)9-6-14-29-17-7-4-3-5-8-17/h3-5,7-8,10-13,19H,2,6,9,14-15H2,1H3,(H2,23,24,25,26,27). The van der Waals surface area contributed by atoms with E-state index in [-0.39, 0.29) is 36.7 Å². The van der Waals surface area contributed by atoms with Crippen LogP contribution in [0.5, 0.6) is 11.5 Å². The van der Waals surface area contributed by atoms with E-state index in [1.807, 2.05) is 61.5 Å². The summed E-state index contributed by atoms with van der Waals surface area (Å²) in [6.07, 6.45) is 1.07. The lowest BCUT2D eigenvalue weighted by Gasteiger charge is -2.21. The molecule has 0 radical (unpaired) electrons. The van der Waals surface area contributed by atoms with Crippen LogP contribution in [0.3, 0.4) is 0 Å². The number of carbonyl (C=O) groups is 2. The van der Waals surface area contributed by atoms with Gasteiger partial charge in [-0.15, -0.1) is 0 Å². The van der Waals surface area contributed by atoms with Gasteiger partial charge >= 0.3 is 0 Å². The van der Waals surface area contributed by atoms with Gasteiger partial charge in [0.15, 0.2) is 0 Å². The van der Waals surface area contributed by atoms with Crippen molar-refractivity contribution in [3.8, 4) is 11.5 Å². The Hall–Kier alpha value is -3.35. The highest BCUT2D eigenvalue weighted by atomic mass is 16.5. The lowest BCUT2D eigenvalue weighted by Crippen LogP contribution is -2.47. The van der Waals surface area contributed by atoms with Crippen molar-refractivity contribution in [3.63, 3.8) is 0 Å². The first-order valence-electron chi connectivity index (χ1n) is 9.72. The molecule has 0 aliphatic carbocycles. The molecule has 2 N–H and O–H groups in total. The summed E-state index contributed by atoms with van der Waals surface area (Å²) in [5.74, 6) is 1.34. The minimum Gasteiger partial charge on any atom is -0.494 e. The SMILES string of the molecule is CCOc1ccc(C2CC(=O)NC(NC(=O)CCCOc3ccccc3)=N2)cc1. The molecule has 1 unspecified atom stereocenters. The highest BCUT2D eigenvalue weighted by Crippen LogP contribution is 2.25. The van der Waals surface area contributed by atoms with Gasteiger partial charge in [-0.25, -0.2) is 4.99 Å². The van der Waals surface area contributed by atoms with E-state index in [4.69, 9.17) is 9.47 Å². The van der Waals surface area contributed by atoms with Crippen molar-refractivity contribution in [3.05, 3.63) is 60.2 Å². The first-order valence-corrected chi connectivity index (χ1v) is 9.72. The van der Waals surface area contributed by atoms with Crippen molar-refractivity contribution in [2.75, 3.05) is 13.2 Å². The predicted octanol–water partition coefficient (Wildman–Crippen LogP) is 2.98. The fourth-order valence-electron chi connectivity index (χ4n) is 2.94. The Balaban J connectivity index is 1.50. The van der Waals surface area contributed by atoms with Crippen LogP contribution in [0.15, 0.2) is 59.6 Å². The maximum Gasteiger partial charge on any atom is 0.229 e. The van der Waals surface area contributed by atoms with Crippen molar-refractivity contribution < 1.29 is 19.1 Å². The van der Waals surface area contributed by atoms with Crippen LogP contribution in [-0.4, -0.2) is 31.0 Å². The summed E-state index contributed by atoms with van der Waals surface area (Å²) in [4.78, 5) is 28.7. The third-order valence-corrected chi connectivity index (χ3v) is 4.32. The van der Waals surface area contributed by atoms with Crippen molar-refractivity contribution >= 4 is 17.8 Å². The highest BCUT2D eigenvalue weighted by Gasteiger charge is 2.23. The highest BCUT2D eigenvalue weighted by molar-refractivity contribution is 6.06. The zero-order valence-electron chi connectivity index (χ0n) is 16.4. The van der Waals surface area contributed by atoms with E-state index in [9.17, 15) is 9.59 Å². The van der Waals surface area contributed by atoms with Crippen molar-refractivity contribution in [1.82, 2.24) is 10.6 Å². The minimum atomic E-state index is -0.337. The largest absolute Gasteiger partial charge is 0.494 e. The Kier molecular flexibility index (Phi) is 7.22. The summed E-state index contributed by atoms with van der Waals surface area (Å²) in [5.41, 5.74) is 0.895. The van der Waals surface area contributed by atoms with Crippen molar-refractivity contribution in [1.29, 1.82) is 0 Å². The zero-order valence-corrected chi connectivity index (χ0v) is 16.4. The molecule has 0 saturated carbocycles. The van der Waals surface area contributed by atoms with Gasteiger partial charge < -0.3 is 9.47 Å². The van der Waals surface area contributed by atoms with E-state index in [0.29, 0.717) is 19.6 Å². The molecule has 2 aromatic rings. The lowest BCUT2D eigenvalue weighted by molar-refractivity contribution is -0.120. The molecule has 0 saturated heterocycles. The van der Waals surface area contributed by atoms with E-state index < -0.39 is 0 Å². The summed E-state index contributed by atoms with van der Waals surface area (Å²) < 4.78 is 11.0. The van der Waals surface area contributed by atoms with Gasteiger partial charge in [-0.2, -0.15) is 0 Å². The molecular weight excluding hydrogens is 370 g/mol. The van der Waals surface area contributed by atoms with Crippen LogP contribution in [0, 0.1) is 0 Å². The molecule has 7 heteroatoms. The van der Waals surface area contributed by atoms with Crippen LogP contribution < -0.4 is 20.1 Å². The molecule has 0 aromatic heterocycles. The van der Waals surface area contributed by atoms with E-state index >= 15 is 0 Å². The second-order valence-corrected chi connectivity index (χ2v) is 6.56. The summed E-state index contributed by atoms with van der Waals surface area (Å²) in [6, 6.07) is 16.6. The fourth-order valence-corrected chi connectivity index (χ4v) is 2.94. The van der Waals surface area contributed by atoms with E-state index in [2.05, 4.69) is 15.6 Å². The van der Waals surface area contributed by atoms with Crippen molar-refractivity contribution in [2.45, 2.75) is 32.2 Å². The quantitative estimate of drug-likeness (QED) is 0.673. The van der Waals surface area contributed by atoms with Crippen LogP contribution in [0.2, 0.25) is 0 Å². The number of amides is 2. The number of guanidine groups is 1. The Morgan fingerprint density at radius 2 is 1.83 bits per heavy atom. The monoisotopic (exact) mass is 395 g/mol. The van der Waals surface area contributed by atoms with Gasteiger partial charge in [0.2, 0.25) is 17.8 Å². The maximum absolute atomic E-state index is 12.2. The van der Waals surface area contributed by atoms with E-state index in [0.717, 1.165) is 17.1 Å². The number of benzene rings is 2. The number of para-hydroxylation sites is 1. The van der Waals surface area contributed by atoms with Crippen LogP contribution in [-0.2, 0) is 9.59 Å². The molecular formula is C22H25N3O4. The molecule has 3 rings (SSSR count).